The molecule has 7 nitrogen and oxygen atoms in total. The number of ether oxygens (including phenoxy) is 2. The molecule has 0 amide bonds. The van der Waals surface area contributed by atoms with E-state index in [9.17, 15) is 0 Å². The zero-order valence-corrected chi connectivity index (χ0v) is 11.3. The van der Waals surface area contributed by atoms with Crippen LogP contribution in [0, 0.1) is 0 Å². The molecule has 0 bridgehead atoms. The molecule has 0 saturated carbocycles. The quantitative estimate of drug-likeness (QED) is 0.788. The first-order valence-electron chi connectivity index (χ1n) is 6.18. The molecule has 106 valence electrons. The third-order valence-corrected chi connectivity index (χ3v) is 2.77. The Morgan fingerprint density at radius 3 is 2.67 bits per heavy atom. The Hall–Kier alpha value is -3.09. The van der Waals surface area contributed by atoms with Gasteiger partial charge < -0.3 is 19.8 Å². The lowest BCUT2D eigenvalue weighted by Gasteiger charge is -2.06. The minimum absolute atomic E-state index is 0.418. The smallest absolute Gasteiger partial charge is 0.224 e. The van der Waals surface area contributed by atoms with E-state index in [4.69, 9.17) is 15.2 Å². The first kappa shape index (κ1) is 12.9. The number of rotatable bonds is 4. The number of methoxy groups -OCH3 is 1. The lowest BCUT2D eigenvalue weighted by molar-refractivity contribution is 0.402. The fourth-order valence-corrected chi connectivity index (χ4v) is 1.75. The second-order valence-corrected chi connectivity index (χ2v) is 4.20. The van der Waals surface area contributed by atoms with E-state index < -0.39 is 0 Å². The molecule has 0 aromatic carbocycles. The molecule has 0 aliphatic carbocycles. The highest BCUT2D eigenvalue weighted by atomic mass is 16.5. The number of hydrogen-bond donors (Lipinski definition) is 1. The summed E-state index contributed by atoms with van der Waals surface area (Å²) in [4.78, 5) is 12.3. The van der Waals surface area contributed by atoms with Gasteiger partial charge in [-0.2, -0.15) is 0 Å². The standard InChI is InChI=1S/C14H13N5O2/c1-20-11-4-5-16-14(6-11)21-13-3-2-10(7-17-13)19-8-12(15)18-9-19/h2-9H,15H2,1H3. The Balaban J connectivity index is 1.77. The minimum Gasteiger partial charge on any atom is -0.497 e. The summed E-state index contributed by atoms with van der Waals surface area (Å²) in [7, 11) is 1.59. The Kier molecular flexibility index (Phi) is 3.38. The van der Waals surface area contributed by atoms with Gasteiger partial charge in [-0.15, -0.1) is 0 Å². The normalized spacial score (nSPS) is 10.3. The molecule has 0 radical (unpaired) electrons. The van der Waals surface area contributed by atoms with Crippen molar-refractivity contribution in [2.75, 3.05) is 12.8 Å². The molecule has 3 aromatic rings. The van der Waals surface area contributed by atoms with Crippen LogP contribution >= 0.6 is 0 Å². The van der Waals surface area contributed by atoms with Crippen molar-refractivity contribution in [2.24, 2.45) is 0 Å². The maximum Gasteiger partial charge on any atom is 0.224 e. The van der Waals surface area contributed by atoms with Gasteiger partial charge in [-0.05, 0) is 12.1 Å². The van der Waals surface area contributed by atoms with E-state index in [0.29, 0.717) is 23.3 Å². The van der Waals surface area contributed by atoms with Crippen LogP contribution in [0.2, 0.25) is 0 Å². The van der Waals surface area contributed by atoms with Gasteiger partial charge in [-0.25, -0.2) is 15.0 Å². The summed E-state index contributed by atoms with van der Waals surface area (Å²) in [5, 5.41) is 0. The second kappa shape index (κ2) is 5.49. The lowest BCUT2D eigenvalue weighted by Crippen LogP contribution is -1.94. The molecule has 0 unspecified atom stereocenters. The van der Waals surface area contributed by atoms with Gasteiger partial charge in [-0.3, -0.25) is 0 Å². The van der Waals surface area contributed by atoms with Gasteiger partial charge in [-0.1, -0.05) is 0 Å². The topological polar surface area (TPSA) is 88.1 Å². The highest BCUT2D eigenvalue weighted by Crippen LogP contribution is 2.21. The molecular formula is C14H13N5O2. The van der Waals surface area contributed by atoms with Gasteiger partial charge in [0.1, 0.15) is 17.9 Å². The van der Waals surface area contributed by atoms with Gasteiger partial charge in [0.2, 0.25) is 11.8 Å². The van der Waals surface area contributed by atoms with Crippen LogP contribution in [-0.4, -0.2) is 26.6 Å². The van der Waals surface area contributed by atoms with Crippen LogP contribution in [0.15, 0.2) is 49.2 Å². The van der Waals surface area contributed by atoms with Crippen LogP contribution in [0.1, 0.15) is 0 Å². The summed E-state index contributed by atoms with van der Waals surface area (Å²) in [5.74, 6) is 1.98. The molecule has 0 aliphatic rings. The molecule has 7 heteroatoms. The maximum absolute atomic E-state index is 5.58. The monoisotopic (exact) mass is 283 g/mol. The van der Waals surface area contributed by atoms with E-state index in [0.717, 1.165) is 5.69 Å². The fraction of sp³-hybridized carbons (Fsp3) is 0.0714. The number of hydrogen-bond acceptors (Lipinski definition) is 6. The average molecular weight is 283 g/mol. The molecule has 21 heavy (non-hydrogen) atoms. The van der Waals surface area contributed by atoms with Crippen LogP contribution in [0.25, 0.3) is 5.69 Å². The number of aromatic nitrogens is 4. The van der Waals surface area contributed by atoms with Crippen LogP contribution in [-0.2, 0) is 0 Å². The highest BCUT2D eigenvalue weighted by Gasteiger charge is 2.03. The van der Waals surface area contributed by atoms with Gasteiger partial charge in [0.25, 0.3) is 0 Å². The molecule has 0 saturated heterocycles. The van der Waals surface area contributed by atoms with Crippen LogP contribution in [0.3, 0.4) is 0 Å². The molecule has 2 N–H and O–H groups in total. The van der Waals surface area contributed by atoms with Crippen molar-refractivity contribution in [3.63, 3.8) is 0 Å². The summed E-state index contributed by atoms with van der Waals surface area (Å²) in [5.41, 5.74) is 6.42. The average Bonchev–Trinajstić information content (AvgIpc) is 2.95. The van der Waals surface area contributed by atoms with Crippen LogP contribution < -0.4 is 15.2 Å². The molecule has 0 spiro atoms. The predicted octanol–water partition coefficient (Wildman–Crippen LogP) is 2.05. The molecule has 3 heterocycles. The van der Waals surface area contributed by atoms with Gasteiger partial charge >= 0.3 is 0 Å². The molecule has 0 fully saturated rings. The molecule has 3 aromatic heterocycles. The third kappa shape index (κ3) is 2.92. The fourth-order valence-electron chi connectivity index (χ4n) is 1.75. The van der Waals surface area contributed by atoms with E-state index in [2.05, 4.69) is 15.0 Å². The third-order valence-electron chi connectivity index (χ3n) is 2.77. The van der Waals surface area contributed by atoms with Crippen molar-refractivity contribution < 1.29 is 9.47 Å². The van der Waals surface area contributed by atoms with Gasteiger partial charge in [0.15, 0.2) is 0 Å². The van der Waals surface area contributed by atoms with E-state index >= 15 is 0 Å². The minimum atomic E-state index is 0.418. The molecule has 0 atom stereocenters. The van der Waals surface area contributed by atoms with Crippen LogP contribution in [0.5, 0.6) is 17.5 Å². The number of nitrogens with two attached hydrogens (primary N) is 1. The first-order chi connectivity index (χ1) is 10.2. The number of anilines is 1. The number of imidazole rings is 1. The Morgan fingerprint density at radius 2 is 2.00 bits per heavy atom. The van der Waals surface area contributed by atoms with E-state index in [1.54, 1.807) is 54.8 Å². The highest BCUT2D eigenvalue weighted by molar-refractivity contribution is 5.36. The Bertz CT molecular complexity index is 739. The van der Waals surface area contributed by atoms with Crippen LogP contribution in [0.4, 0.5) is 5.82 Å². The zero-order valence-electron chi connectivity index (χ0n) is 11.3. The van der Waals surface area contributed by atoms with Gasteiger partial charge in [0, 0.05) is 18.3 Å². The SMILES string of the molecule is COc1ccnc(Oc2ccc(-n3cnc(N)c3)cn2)c1. The van der Waals surface area contributed by atoms with Crippen molar-refractivity contribution in [1.29, 1.82) is 0 Å². The molecule has 0 aliphatic heterocycles. The maximum atomic E-state index is 5.58. The summed E-state index contributed by atoms with van der Waals surface area (Å²) in [6.45, 7) is 0. The Labute approximate surface area is 121 Å². The number of nitrogen functional groups attached to an aromatic ring is 1. The summed E-state index contributed by atoms with van der Waals surface area (Å²) >= 11 is 0. The Morgan fingerprint density at radius 1 is 1.10 bits per heavy atom. The van der Waals surface area contributed by atoms with Crippen molar-refractivity contribution in [3.05, 3.63) is 49.2 Å². The predicted molar refractivity (Wildman–Crippen MR) is 76.6 cm³/mol. The zero-order chi connectivity index (χ0) is 14.7. The summed E-state index contributed by atoms with van der Waals surface area (Å²) < 4.78 is 12.4. The molecule has 3 rings (SSSR count). The number of nitrogens with zero attached hydrogens (tertiary/aromatic N) is 4. The number of pyridine rings is 2. The second-order valence-electron chi connectivity index (χ2n) is 4.20. The van der Waals surface area contributed by atoms with E-state index in [1.165, 1.54) is 0 Å². The summed E-state index contributed by atoms with van der Waals surface area (Å²) in [6, 6.07) is 7.02. The molecular weight excluding hydrogens is 270 g/mol. The van der Waals surface area contributed by atoms with Crippen molar-refractivity contribution in [3.8, 4) is 23.2 Å². The van der Waals surface area contributed by atoms with Crippen molar-refractivity contribution in [2.45, 2.75) is 0 Å². The van der Waals surface area contributed by atoms with Crippen molar-refractivity contribution in [1.82, 2.24) is 19.5 Å². The van der Waals surface area contributed by atoms with E-state index in [1.807, 2.05) is 6.07 Å². The van der Waals surface area contributed by atoms with Gasteiger partial charge in [0.05, 0.1) is 25.2 Å². The lowest BCUT2D eigenvalue weighted by atomic mass is 10.4. The largest absolute Gasteiger partial charge is 0.497 e. The first-order valence-corrected chi connectivity index (χ1v) is 6.18. The van der Waals surface area contributed by atoms with E-state index in [-0.39, 0.29) is 0 Å². The summed E-state index contributed by atoms with van der Waals surface area (Å²) in [6.07, 6.45) is 6.60. The van der Waals surface area contributed by atoms with Crippen molar-refractivity contribution >= 4 is 5.82 Å².